The largest absolute Gasteiger partial charge is 0.423 e. The van der Waals surface area contributed by atoms with Gasteiger partial charge in [0.25, 0.3) is 0 Å². The number of imidazole rings is 1. The maximum atomic E-state index is 13.9. The van der Waals surface area contributed by atoms with E-state index in [1.807, 2.05) is 42.8 Å². The second-order valence-corrected chi connectivity index (χ2v) is 16.3. The van der Waals surface area contributed by atoms with E-state index in [1.165, 1.54) is 0 Å². The van der Waals surface area contributed by atoms with Gasteiger partial charge < -0.3 is 29.0 Å². The molecule has 6 aliphatic rings. The lowest BCUT2D eigenvalue weighted by Gasteiger charge is -2.64. The molecule has 284 valence electrons. The number of aliphatic imine (C=N–C) groups is 2. The molecule has 4 fully saturated rings. The quantitative estimate of drug-likeness (QED) is 0.221. The molecule has 1 spiro atoms. The molecule has 4 aliphatic heterocycles. The third kappa shape index (κ3) is 6.36. The number of rotatable bonds is 9. The molecule has 1 aromatic carbocycles. The number of hydrogen-bond donors (Lipinski definition) is 4. The van der Waals surface area contributed by atoms with Crippen molar-refractivity contribution in [3.8, 4) is 0 Å². The maximum absolute atomic E-state index is 13.9. The summed E-state index contributed by atoms with van der Waals surface area (Å²) >= 11 is 0. The van der Waals surface area contributed by atoms with Crippen molar-refractivity contribution in [2.45, 2.75) is 76.3 Å². The number of ether oxygens (including phenoxy) is 3. The van der Waals surface area contributed by atoms with Gasteiger partial charge in [0.05, 0.1) is 68.1 Å². The number of allylic oxidation sites excluding steroid dienone is 1. The van der Waals surface area contributed by atoms with Crippen molar-refractivity contribution < 1.29 is 34.0 Å². The van der Waals surface area contributed by atoms with Crippen molar-refractivity contribution in [3.05, 3.63) is 47.5 Å². The molecule has 5 heterocycles. The Hall–Kier alpha value is -3.79. The Morgan fingerprint density at radius 1 is 1.23 bits per heavy atom. The summed E-state index contributed by atoms with van der Waals surface area (Å²) in [5, 5.41) is 28.7. The van der Waals surface area contributed by atoms with Crippen LogP contribution in [-0.4, -0.2) is 125 Å². The van der Waals surface area contributed by atoms with Crippen LogP contribution in [-0.2, 0) is 30.8 Å². The van der Waals surface area contributed by atoms with Crippen molar-refractivity contribution in [3.63, 3.8) is 0 Å². The summed E-state index contributed by atoms with van der Waals surface area (Å²) in [5.74, 6) is -0.243. The van der Waals surface area contributed by atoms with Crippen molar-refractivity contribution in [1.82, 2.24) is 25.1 Å². The summed E-state index contributed by atoms with van der Waals surface area (Å²) in [7, 11) is 1.94. The number of aromatic nitrogens is 2. The molecule has 1 aromatic heterocycles. The zero-order chi connectivity index (χ0) is 37.1. The molecule has 0 bridgehead atoms. The van der Waals surface area contributed by atoms with Crippen LogP contribution in [0.15, 0.2) is 51.9 Å². The average molecular weight is 730 g/mol. The molecular weight excluding hydrogens is 678 g/mol. The highest BCUT2D eigenvalue weighted by molar-refractivity contribution is 6.04. The van der Waals surface area contributed by atoms with E-state index in [-0.39, 0.29) is 41.8 Å². The first-order valence-electron chi connectivity index (χ1n) is 18.9. The molecule has 9 atom stereocenters. The second-order valence-electron chi connectivity index (χ2n) is 16.3. The third-order valence-corrected chi connectivity index (χ3v) is 13.3. The summed E-state index contributed by atoms with van der Waals surface area (Å²) in [6.45, 7) is 9.73. The molecule has 0 radical (unpaired) electrons. The number of amides is 1. The normalized spacial score (nSPS) is 36.0. The highest BCUT2D eigenvalue weighted by Crippen LogP contribution is 2.67. The first-order valence-corrected chi connectivity index (χ1v) is 18.9. The molecule has 53 heavy (non-hydrogen) atoms. The maximum Gasteiger partial charge on any atom is 0.341 e. The minimum atomic E-state index is -0.721. The lowest BCUT2D eigenvalue weighted by atomic mass is 9.43. The number of nitrogens with zero attached hydrogens (tertiary/aromatic N) is 5. The zero-order valence-corrected chi connectivity index (χ0v) is 31.0. The summed E-state index contributed by atoms with van der Waals surface area (Å²) < 4.78 is 20.2. The van der Waals surface area contributed by atoms with Crippen molar-refractivity contribution in [1.29, 1.82) is 0 Å². The molecule has 8 rings (SSSR count). The van der Waals surface area contributed by atoms with Crippen LogP contribution in [0.4, 0.5) is 0 Å². The molecule has 4 N–H and O–H groups in total. The molecule has 1 amide bonds. The van der Waals surface area contributed by atoms with Gasteiger partial charge in [0.1, 0.15) is 11.4 Å². The van der Waals surface area contributed by atoms with E-state index in [9.17, 15) is 19.8 Å². The van der Waals surface area contributed by atoms with Gasteiger partial charge in [0, 0.05) is 43.9 Å². The van der Waals surface area contributed by atoms with Crippen molar-refractivity contribution >= 4 is 41.2 Å². The fourth-order valence-electron chi connectivity index (χ4n) is 10.2. The lowest BCUT2D eigenvalue weighted by Crippen LogP contribution is -2.68. The number of carbonyl (C=O) groups is 2. The minimum absolute atomic E-state index is 0.0301. The second kappa shape index (κ2) is 13.8. The smallest absolute Gasteiger partial charge is 0.341 e. The lowest BCUT2D eigenvalue weighted by molar-refractivity contribution is -0.197. The number of nitrogens with one attached hydrogen (secondary N) is 2. The number of carbonyl (C=O) groups excluding carboxylic acids is 2. The molecule has 2 saturated carbocycles. The van der Waals surface area contributed by atoms with Gasteiger partial charge in [-0.05, 0) is 79.7 Å². The van der Waals surface area contributed by atoms with Crippen LogP contribution in [0.2, 0.25) is 0 Å². The van der Waals surface area contributed by atoms with Crippen LogP contribution in [0.5, 0.6) is 0 Å². The Bertz CT molecular complexity index is 1890. The van der Waals surface area contributed by atoms with Gasteiger partial charge >= 0.3 is 5.97 Å². The Labute approximate surface area is 309 Å². The van der Waals surface area contributed by atoms with Crippen LogP contribution < -0.4 is 10.6 Å². The number of fused-ring (bicyclic) bond motifs is 2. The van der Waals surface area contributed by atoms with Crippen LogP contribution in [0.1, 0.15) is 52.0 Å². The van der Waals surface area contributed by atoms with Gasteiger partial charge in [-0.15, -0.1) is 0 Å². The minimum Gasteiger partial charge on any atom is -0.423 e. The predicted octanol–water partition coefficient (Wildman–Crippen LogP) is 1.96. The highest BCUT2D eigenvalue weighted by atomic mass is 16.6. The average Bonchev–Trinajstić information content (AvgIpc) is 3.40. The number of esters is 1. The van der Waals surface area contributed by atoms with E-state index in [0.717, 1.165) is 42.5 Å². The highest BCUT2D eigenvalue weighted by Gasteiger charge is 2.71. The van der Waals surface area contributed by atoms with Gasteiger partial charge in [0.2, 0.25) is 11.9 Å². The fourth-order valence-corrected chi connectivity index (χ4v) is 10.2. The number of aliphatic hydroxyl groups is 2. The monoisotopic (exact) mass is 729 g/mol. The Morgan fingerprint density at radius 3 is 2.74 bits per heavy atom. The number of cyclic esters (lactones) is 1. The fraction of sp³-hybridized carbons (Fsp3) is 0.615. The number of benzene rings is 1. The molecule has 2 aromatic rings. The zero-order valence-electron chi connectivity index (χ0n) is 31.0. The Morgan fingerprint density at radius 2 is 2.02 bits per heavy atom. The number of morpholine rings is 1. The standard InChI is InChI=1S/C39H51N7O7/c1-23(34(49)44-36-40-9-10-41-36)43-27(26-17-25(53-35(26)50)15-24-5-6-29-28(16-24)42-22-45(29)4)18-31-37(2)8-7-33(48)38(3,20-47)30(37)19-32(39(31)21-52-39)46-11-13-51-14-12-46/h5-6,9,15-17,22-23,27,30-33,43,47-48H,7-8,10-14,18-21H2,1-4H3,(H,41,44,49)/b25-15+/t23?,27?,30?,31?,32?,33-,37+,38+,39?/m1/s1. The number of aryl methyl sites for hydroxylation is 1. The van der Waals surface area contributed by atoms with E-state index in [4.69, 9.17) is 14.2 Å². The van der Waals surface area contributed by atoms with Crippen LogP contribution >= 0.6 is 0 Å². The first-order chi connectivity index (χ1) is 25.4. The number of guanidine groups is 1. The van der Waals surface area contributed by atoms with E-state index in [0.29, 0.717) is 50.5 Å². The van der Waals surface area contributed by atoms with Gasteiger partial charge in [-0.1, -0.05) is 19.9 Å². The van der Waals surface area contributed by atoms with E-state index >= 15 is 0 Å². The number of epoxide rings is 1. The SMILES string of the molecule is CC(NC(CC1C2(CO2)C(N2CCOCC2)CC2[C@]1(C)CC[C@@H](O)[C@@]2(C)CO)C1=C/C(=C\c2ccc3c(c2)ncn3C)OC1=O)C(=O)NC1=NCC=N1. The van der Waals surface area contributed by atoms with Crippen molar-refractivity contribution in [2.75, 3.05) is 46.1 Å². The van der Waals surface area contributed by atoms with E-state index < -0.39 is 35.2 Å². The van der Waals surface area contributed by atoms with E-state index in [2.05, 4.69) is 37.4 Å². The van der Waals surface area contributed by atoms with Crippen LogP contribution in [0, 0.1) is 22.7 Å². The third-order valence-electron chi connectivity index (χ3n) is 13.3. The van der Waals surface area contributed by atoms with Crippen molar-refractivity contribution in [2.24, 2.45) is 39.7 Å². The number of aliphatic hydroxyl groups excluding tert-OH is 2. The summed E-state index contributed by atoms with van der Waals surface area (Å²) in [5.41, 5.74) is 1.53. The van der Waals surface area contributed by atoms with Gasteiger partial charge in [-0.25, -0.2) is 19.8 Å². The molecule has 6 unspecified atom stereocenters. The Kier molecular flexibility index (Phi) is 9.43. The first kappa shape index (κ1) is 36.2. The molecule has 2 saturated heterocycles. The molecule has 14 heteroatoms. The summed E-state index contributed by atoms with van der Waals surface area (Å²) in [4.78, 5) is 42.7. The Balaban J connectivity index is 1.17. The van der Waals surface area contributed by atoms with Gasteiger partial charge in [-0.3, -0.25) is 20.3 Å². The molecular formula is C39H51N7O7. The van der Waals surface area contributed by atoms with E-state index in [1.54, 1.807) is 25.5 Å². The summed E-state index contributed by atoms with van der Waals surface area (Å²) in [6, 6.07) is 4.62. The number of hydrogen-bond acceptors (Lipinski definition) is 12. The summed E-state index contributed by atoms with van der Waals surface area (Å²) in [6.07, 6.45) is 8.91. The van der Waals surface area contributed by atoms with Gasteiger partial charge in [0.15, 0.2) is 0 Å². The van der Waals surface area contributed by atoms with Crippen LogP contribution in [0.3, 0.4) is 0 Å². The van der Waals surface area contributed by atoms with Gasteiger partial charge in [-0.2, -0.15) is 0 Å². The topological polar surface area (TPSA) is 175 Å². The molecule has 2 aliphatic carbocycles. The molecule has 14 nitrogen and oxygen atoms in total. The van der Waals surface area contributed by atoms with Crippen LogP contribution in [0.25, 0.3) is 17.1 Å². The predicted molar refractivity (Wildman–Crippen MR) is 198 cm³/mol.